The molecule has 0 N–H and O–H groups in total. The standard InChI is InChI=1S/C24H29N3O5/c1-31-16-21(23(29)25-11-3-4-12-25)26-13-5-6-20(24(26)30)27-15-18(14-22(27)28)17-7-9-19(32-2)10-8-17/h5-10,13,18,21H,3-4,11-12,14-16H2,1-2H3. The van der Waals surface area contributed by atoms with Gasteiger partial charge in [-0.1, -0.05) is 12.1 Å². The SMILES string of the molecule is COCC(C(=O)N1CCCC1)n1cccc(N2CC(c3ccc(OC)cc3)CC2=O)c1=O. The van der Waals surface area contributed by atoms with E-state index in [4.69, 9.17) is 9.47 Å². The molecule has 2 unspecified atom stereocenters. The maximum Gasteiger partial charge on any atom is 0.275 e. The van der Waals surface area contributed by atoms with Crippen LogP contribution in [0.1, 0.15) is 36.8 Å². The lowest BCUT2D eigenvalue weighted by Gasteiger charge is -2.25. The Morgan fingerprint density at radius 3 is 2.47 bits per heavy atom. The summed E-state index contributed by atoms with van der Waals surface area (Å²) in [5, 5.41) is 0. The number of methoxy groups -OCH3 is 2. The molecule has 2 aliphatic heterocycles. The molecule has 2 fully saturated rings. The number of benzene rings is 1. The number of aromatic nitrogens is 1. The van der Waals surface area contributed by atoms with Crippen LogP contribution in [0.4, 0.5) is 5.69 Å². The number of nitrogens with zero attached hydrogens (tertiary/aromatic N) is 3. The summed E-state index contributed by atoms with van der Waals surface area (Å²) in [4.78, 5) is 42.6. The van der Waals surface area contributed by atoms with Crippen molar-refractivity contribution in [3.05, 3.63) is 58.5 Å². The molecule has 0 spiro atoms. The van der Waals surface area contributed by atoms with E-state index in [0.717, 1.165) is 24.2 Å². The molecule has 8 heteroatoms. The van der Waals surface area contributed by atoms with Crippen LogP contribution in [0.25, 0.3) is 0 Å². The molecule has 2 saturated heterocycles. The van der Waals surface area contributed by atoms with E-state index >= 15 is 0 Å². The fraction of sp³-hybridized carbons (Fsp3) is 0.458. The van der Waals surface area contributed by atoms with Gasteiger partial charge in [-0.25, -0.2) is 0 Å². The Balaban J connectivity index is 1.60. The predicted octanol–water partition coefficient (Wildman–Crippen LogP) is 2.19. The van der Waals surface area contributed by atoms with Gasteiger partial charge in [-0.3, -0.25) is 19.0 Å². The van der Waals surface area contributed by atoms with Gasteiger partial charge in [0.05, 0.1) is 13.7 Å². The van der Waals surface area contributed by atoms with E-state index in [1.165, 1.54) is 16.6 Å². The van der Waals surface area contributed by atoms with Crippen molar-refractivity contribution < 1.29 is 19.1 Å². The van der Waals surface area contributed by atoms with E-state index in [1.54, 1.807) is 30.3 Å². The molecule has 3 heterocycles. The number of amides is 2. The average molecular weight is 440 g/mol. The Morgan fingerprint density at radius 1 is 1.09 bits per heavy atom. The van der Waals surface area contributed by atoms with Gasteiger partial charge in [0.2, 0.25) is 11.8 Å². The first kappa shape index (κ1) is 22.1. The lowest BCUT2D eigenvalue weighted by atomic mass is 9.98. The number of carbonyl (C=O) groups is 2. The lowest BCUT2D eigenvalue weighted by molar-refractivity contribution is -0.135. The van der Waals surface area contributed by atoms with Gasteiger partial charge in [0, 0.05) is 45.3 Å². The monoisotopic (exact) mass is 439 g/mol. The largest absolute Gasteiger partial charge is 0.497 e. The molecule has 0 bridgehead atoms. The van der Waals surface area contributed by atoms with Gasteiger partial charge in [-0.2, -0.15) is 0 Å². The summed E-state index contributed by atoms with van der Waals surface area (Å²) < 4.78 is 11.9. The minimum atomic E-state index is -0.749. The van der Waals surface area contributed by atoms with Crippen molar-refractivity contribution in [1.29, 1.82) is 0 Å². The second-order valence-electron chi connectivity index (χ2n) is 8.29. The van der Waals surface area contributed by atoms with Crippen LogP contribution in [0.2, 0.25) is 0 Å². The minimum Gasteiger partial charge on any atom is -0.497 e. The normalized spacial score (nSPS) is 19.4. The quantitative estimate of drug-likeness (QED) is 0.661. The number of hydrogen-bond acceptors (Lipinski definition) is 5. The van der Waals surface area contributed by atoms with Crippen molar-refractivity contribution in [1.82, 2.24) is 9.47 Å². The van der Waals surface area contributed by atoms with Gasteiger partial charge in [0.1, 0.15) is 17.5 Å². The first-order valence-corrected chi connectivity index (χ1v) is 11.0. The summed E-state index contributed by atoms with van der Waals surface area (Å²) in [6.45, 7) is 1.91. The number of carbonyl (C=O) groups excluding carboxylic acids is 2. The Hall–Kier alpha value is -3.13. The van der Waals surface area contributed by atoms with E-state index in [2.05, 4.69) is 0 Å². The van der Waals surface area contributed by atoms with Crippen LogP contribution in [0, 0.1) is 0 Å². The zero-order valence-corrected chi connectivity index (χ0v) is 18.5. The third kappa shape index (κ3) is 4.27. The first-order valence-electron chi connectivity index (χ1n) is 11.0. The highest BCUT2D eigenvalue weighted by molar-refractivity contribution is 5.96. The maximum absolute atomic E-state index is 13.4. The Bertz CT molecular complexity index is 1030. The van der Waals surface area contributed by atoms with E-state index < -0.39 is 6.04 Å². The van der Waals surface area contributed by atoms with Crippen molar-refractivity contribution in [2.24, 2.45) is 0 Å². The third-order valence-electron chi connectivity index (χ3n) is 6.32. The molecule has 170 valence electrons. The molecule has 2 amide bonds. The van der Waals surface area contributed by atoms with E-state index in [1.807, 2.05) is 24.3 Å². The fourth-order valence-corrected chi connectivity index (χ4v) is 4.57. The number of likely N-dealkylation sites (tertiary alicyclic amines) is 1. The van der Waals surface area contributed by atoms with Crippen LogP contribution >= 0.6 is 0 Å². The molecule has 4 rings (SSSR count). The van der Waals surface area contributed by atoms with Crippen LogP contribution < -0.4 is 15.2 Å². The molecule has 0 saturated carbocycles. The molecule has 1 aromatic heterocycles. The second-order valence-corrected chi connectivity index (χ2v) is 8.29. The predicted molar refractivity (Wildman–Crippen MR) is 120 cm³/mol. The van der Waals surface area contributed by atoms with E-state index in [-0.39, 0.29) is 29.9 Å². The number of rotatable bonds is 7. The van der Waals surface area contributed by atoms with Crippen molar-refractivity contribution in [2.75, 3.05) is 45.4 Å². The summed E-state index contributed by atoms with van der Waals surface area (Å²) in [5.74, 6) is 0.525. The van der Waals surface area contributed by atoms with Crippen LogP contribution in [-0.2, 0) is 14.3 Å². The Morgan fingerprint density at radius 2 is 1.81 bits per heavy atom. The van der Waals surface area contributed by atoms with Gasteiger partial charge in [0.15, 0.2) is 0 Å². The topological polar surface area (TPSA) is 81.1 Å². The minimum absolute atomic E-state index is 0.0116. The lowest BCUT2D eigenvalue weighted by Crippen LogP contribution is -2.42. The van der Waals surface area contributed by atoms with E-state index in [9.17, 15) is 14.4 Å². The smallest absolute Gasteiger partial charge is 0.275 e. The maximum atomic E-state index is 13.4. The summed E-state index contributed by atoms with van der Waals surface area (Å²) in [6, 6.07) is 10.3. The van der Waals surface area contributed by atoms with Crippen molar-refractivity contribution in [2.45, 2.75) is 31.2 Å². The van der Waals surface area contributed by atoms with Crippen molar-refractivity contribution >= 4 is 17.5 Å². The Labute approximate surface area is 187 Å². The molecule has 2 aliphatic rings. The van der Waals surface area contributed by atoms with Gasteiger partial charge in [-0.15, -0.1) is 0 Å². The zero-order chi connectivity index (χ0) is 22.7. The molecule has 2 aromatic rings. The highest BCUT2D eigenvalue weighted by Crippen LogP contribution is 2.31. The molecule has 32 heavy (non-hydrogen) atoms. The Kier molecular flexibility index (Phi) is 6.60. The number of pyridine rings is 1. The van der Waals surface area contributed by atoms with Crippen LogP contribution in [-0.4, -0.2) is 61.7 Å². The molecular formula is C24H29N3O5. The first-order chi connectivity index (χ1) is 15.5. The van der Waals surface area contributed by atoms with Gasteiger partial charge >= 0.3 is 0 Å². The number of ether oxygens (including phenoxy) is 2. The van der Waals surface area contributed by atoms with E-state index in [0.29, 0.717) is 31.7 Å². The van der Waals surface area contributed by atoms with Crippen LogP contribution in [0.5, 0.6) is 5.75 Å². The van der Waals surface area contributed by atoms with Gasteiger partial charge in [-0.05, 0) is 42.7 Å². The van der Waals surface area contributed by atoms with Crippen LogP contribution in [0.3, 0.4) is 0 Å². The van der Waals surface area contributed by atoms with Crippen molar-refractivity contribution in [3.8, 4) is 5.75 Å². The van der Waals surface area contributed by atoms with Crippen molar-refractivity contribution in [3.63, 3.8) is 0 Å². The molecule has 2 atom stereocenters. The average Bonchev–Trinajstić information content (AvgIpc) is 3.48. The summed E-state index contributed by atoms with van der Waals surface area (Å²) >= 11 is 0. The molecular weight excluding hydrogens is 410 g/mol. The molecule has 0 radical (unpaired) electrons. The summed E-state index contributed by atoms with van der Waals surface area (Å²) in [6.07, 6.45) is 3.87. The van der Waals surface area contributed by atoms with Gasteiger partial charge < -0.3 is 19.3 Å². The third-order valence-corrected chi connectivity index (χ3v) is 6.32. The second kappa shape index (κ2) is 9.56. The summed E-state index contributed by atoms with van der Waals surface area (Å²) in [5.41, 5.74) is 0.967. The van der Waals surface area contributed by atoms with Gasteiger partial charge in [0.25, 0.3) is 5.56 Å². The number of hydrogen-bond donors (Lipinski definition) is 0. The molecule has 1 aromatic carbocycles. The zero-order valence-electron chi connectivity index (χ0n) is 18.5. The fourth-order valence-electron chi connectivity index (χ4n) is 4.57. The molecule has 8 nitrogen and oxygen atoms in total. The number of anilines is 1. The van der Waals surface area contributed by atoms with Crippen LogP contribution in [0.15, 0.2) is 47.4 Å². The summed E-state index contributed by atoms with van der Waals surface area (Å²) in [7, 11) is 3.13. The molecule has 0 aliphatic carbocycles. The highest BCUT2D eigenvalue weighted by Gasteiger charge is 2.34. The highest BCUT2D eigenvalue weighted by atomic mass is 16.5.